The van der Waals surface area contributed by atoms with Gasteiger partial charge in [-0.1, -0.05) is 6.42 Å². The highest BCUT2D eigenvalue weighted by molar-refractivity contribution is 8.01. The molecule has 0 spiro atoms. The summed E-state index contributed by atoms with van der Waals surface area (Å²) in [5.74, 6) is 0.899. The molecule has 2 aliphatic heterocycles. The van der Waals surface area contributed by atoms with Gasteiger partial charge in [0, 0.05) is 10.6 Å². The van der Waals surface area contributed by atoms with E-state index in [9.17, 15) is 17.6 Å². The number of nitrogens with one attached hydrogen (secondary N) is 1. The third-order valence-corrected chi connectivity index (χ3v) is 8.70. The molecule has 1 fully saturated rings. The number of imidazole rings is 1. The van der Waals surface area contributed by atoms with E-state index in [4.69, 9.17) is 0 Å². The van der Waals surface area contributed by atoms with Crippen LogP contribution in [0.3, 0.4) is 0 Å². The summed E-state index contributed by atoms with van der Waals surface area (Å²) in [6.07, 6.45) is 3.51. The van der Waals surface area contributed by atoms with Gasteiger partial charge in [0.25, 0.3) is 0 Å². The van der Waals surface area contributed by atoms with Gasteiger partial charge in [-0.15, -0.1) is 23.1 Å². The number of hydrogen-bond donors (Lipinski definition) is 1. The SMILES string of the molecule is Cc1sc(SCCCCCF)c2c(NS(=O)(=O)C3CC3)nc(=O)n-2c1C. The van der Waals surface area contributed by atoms with Crippen LogP contribution in [-0.4, -0.2) is 35.6 Å². The van der Waals surface area contributed by atoms with Gasteiger partial charge in [0.1, 0.15) is 5.69 Å². The minimum atomic E-state index is -3.50. The van der Waals surface area contributed by atoms with Crippen molar-refractivity contribution in [3.63, 3.8) is 0 Å². The number of nitrogens with zero attached hydrogens (tertiary/aromatic N) is 2. The number of sulfonamides is 1. The molecule has 1 aliphatic carbocycles. The quantitative estimate of drug-likeness (QED) is 0.497. The van der Waals surface area contributed by atoms with Crippen LogP contribution in [-0.2, 0) is 10.0 Å². The van der Waals surface area contributed by atoms with Crippen molar-refractivity contribution in [2.75, 3.05) is 17.1 Å². The monoisotopic (exact) mass is 419 g/mol. The van der Waals surface area contributed by atoms with E-state index in [1.165, 1.54) is 15.9 Å². The molecule has 0 amide bonds. The Morgan fingerprint density at radius 1 is 1.31 bits per heavy atom. The molecule has 3 aliphatic rings. The molecule has 26 heavy (non-hydrogen) atoms. The maximum absolute atomic E-state index is 12.4. The van der Waals surface area contributed by atoms with Crippen LogP contribution in [0.4, 0.5) is 10.2 Å². The minimum absolute atomic E-state index is 0.118. The normalized spacial score (nSPS) is 14.9. The van der Waals surface area contributed by atoms with Gasteiger partial charge in [-0.25, -0.2) is 13.2 Å². The largest absolute Gasteiger partial charge is 0.354 e. The third-order valence-electron chi connectivity index (χ3n) is 4.34. The lowest BCUT2D eigenvalue weighted by atomic mass is 10.3. The van der Waals surface area contributed by atoms with Crippen molar-refractivity contribution < 1.29 is 12.8 Å². The first-order chi connectivity index (χ1) is 12.3. The molecule has 0 atom stereocenters. The number of halogens is 1. The Bertz CT molecular complexity index is 919. The minimum Gasteiger partial charge on any atom is -0.265 e. The second kappa shape index (κ2) is 7.85. The van der Waals surface area contributed by atoms with Crippen LogP contribution in [0.25, 0.3) is 5.69 Å². The van der Waals surface area contributed by atoms with Gasteiger partial charge < -0.3 is 0 Å². The van der Waals surface area contributed by atoms with Crippen molar-refractivity contribution in [1.82, 2.24) is 9.55 Å². The van der Waals surface area contributed by atoms with Crippen LogP contribution < -0.4 is 10.4 Å². The second-order valence-corrected chi connectivity index (χ2v) is 11.0. The molecule has 10 heteroatoms. The average molecular weight is 420 g/mol. The van der Waals surface area contributed by atoms with Crippen LogP contribution >= 0.6 is 23.1 Å². The van der Waals surface area contributed by atoms with Crippen molar-refractivity contribution >= 4 is 38.9 Å². The van der Waals surface area contributed by atoms with E-state index in [2.05, 4.69) is 9.71 Å². The van der Waals surface area contributed by atoms with E-state index >= 15 is 0 Å². The predicted molar refractivity (Wildman–Crippen MR) is 104 cm³/mol. The molecule has 0 aromatic heterocycles. The Labute approximate surface area is 160 Å². The number of hydrogen-bond acceptors (Lipinski definition) is 6. The van der Waals surface area contributed by atoms with E-state index in [1.54, 1.807) is 11.8 Å². The number of unbranched alkanes of at least 4 members (excludes halogenated alkanes) is 2. The zero-order valence-corrected chi connectivity index (χ0v) is 17.2. The molecule has 0 aromatic carbocycles. The van der Waals surface area contributed by atoms with E-state index in [1.807, 2.05) is 13.8 Å². The molecule has 6 nitrogen and oxygen atoms in total. The van der Waals surface area contributed by atoms with Crippen LogP contribution in [0.1, 0.15) is 42.7 Å². The van der Waals surface area contributed by atoms with Gasteiger partial charge in [-0.2, -0.15) is 4.98 Å². The summed E-state index contributed by atoms with van der Waals surface area (Å²) in [6, 6.07) is 0. The first-order valence-electron chi connectivity index (χ1n) is 8.58. The highest BCUT2D eigenvalue weighted by atomic mass is 32.2. The Kier molecular flexibility index (Phi) is 5.93. The molecule has 2 heterocycles. The van der Waals surface area contributed by atoms with Crippen molar-refractivity contribution in [3.8, 4) is 5.69 Å². The number of rotatable bonds is 9. The first kappa shape index (κ1) is 19.6. The summed E-state index contributed by atoms with van der Waals surface area (Å²) in [7, 11) is -3.50. The first-order valence-corrected chi connectivity index (χ1v) is 11.9. The molecule has 1 saturated carbocycles. The lowest BCUT2D eigenvalue weighted by Gasteiger charge is -2.15. The molecule has 0 radical (unpaired) electrons. The number of aromatic nitrogens is 2. The molecular formula is C16H22FN3O3S3. The third kappa shape index (κ3) is 4.07. The summed E-state index contributed by atoms with van der Waals surface area (Å²) in [6.45, 7) is 3.45. The van der Waals surface area contributed by atoms with Gasteiger partial charge in [0.05, 0.1) is 16.1 Å². The Hall–Kier alpha value is -1.13. The Balaban J connectivity index is 1.94. The van der Waals surface area contributed by atoms with Crippen molar-refractivity contribution in [1.29, 1.82) is 0 Å². The standard InChI is InChI=1S/C16H22FN3O3S3/c1-10-11(2)25-15(24-9-5-3-4-8-17)13-14(18-16(21)20(10)13)19-26(22,23)12-6-7-12/h12H,3-9H2,1-2H3,(H,18,19,21). The van der Waals surface area contributed by atoms with E-state index in [0.717, 1.165) is 33.4 Å². The lowest BCUT2D eigenvalue weighted by Crippen LogP contribution is -2.18. The smallest absolute Gasteiger partial charge is 0.265 e. The maximum atomic E-state index is 12.4. The average Bonchev–Trinajstić information content (AvgIpc) is 3.38. The fourth-order valence-electron chi connectivity index (χ4n) is 2.62. The fraction of sp³-hybridized carbons (Fsp3) is 0.625. The van der Waals surface area contributed by atoms with E-state index in [-0.39, 0.29) is 17.7 Å². The molecule has 1 N–H and O–H groups in total. The Morgan fingerprint density at radius 3 is 2.69 bits per heavy atom. The zero-order chi connectivity index (χ0) is 18.9. The van der Waals surface area contributed by atoms with Gasteiger partial charge in [-0.3, -0.25) is 13.7 Å². The van der Waals surface area contributed by atoms with Crippen LogP contribution in [0.2, 0.25) is 0 Å². The maximum Gasteiger partial charge on any atom is 0.354 e. The lowest BCUT2D eigenvalue weighted by molar-refractivity contribution is 0.460. The van der Waals surface area contributed by atoms with Crippen LogP contribution in [0, 0.1) is 13.8 Å². The summed E-state index contributed by atoms with van der Waals surface area (Å²) in [4.78, 5) is 17.3. The van der Waals surface area contributed by atoms with E-state index in [0.29, 0.717) is 24.9 Å². The molecule has 3 rings (SSSR count). The van der Waals surface area contributed by atoms with Crippen LogP contribution in [0.5, 0.6) is 0 Å². The summed E-state index contributed by atoms with van der Waals surface area (Å²) in [5, 5.41) is -0.388. The predicted octanol–water partition coefficient (Wildman–Crippen LogP) is 3.48. The topological polar surface area (TPSA) is 81.1 Å². The molecule has 0 unspecified atom stereocenters. The molecule has 0 aromatic rings. The highest BCUT2D eigenvalue weighted by Gasteiger charge is 2.37. The zero-order valence-electron chi connectivity index (χ0n) is 14.7. The van der Waals surface area contributed by atoms with Gasteiger partial charge in [0.2, 0.25) is 10.0 Å². The second-order valence-electron chi connectivity index (χ2n) is 6.40. The van der Waals surface area contributed by atoms with Gasteiger partial charge in [-0.05, 0) is 45.3 Å². The Morgan fingerprint density at radius 2 is 2.04 bits per heavy atom. The molecular weight excluding hydrogens is 397 g/mol. The number of anilines is 1. The summed E-state index contributed by atoms with van der Waals surface area (Å²) < 4.78 is 41.7. The number of alkyl halides is 1. The van der Waals surface area contributed by atoms with Crippen molar-refractivity contribution in [2.45, 2.75) is 55.4 Å². The van der Waals surface area contributed by atoms with Gasteiger partial charge >= 0.3 is 5.69 Å². The number of aryl methyl sites for hydroxylation is 1. The van der Waals surface area contributed by atoms with Crippen LogP contribution in [0.15, 0.2) is 9.00 Å². The summed E-state index contributed by atoms with van der Waals surface area (Å²) >= 11 is 3.09. The number of thioether (sulfide) groups is 1. The summed E-state index contributed by atoms with van der Waals surface area (Å²) in [5.41, 5.74) is 0.824. The highest BCUT2D eigenvalue weighted by Crippen LogP contribution is 2.39. The van der Waals surface area contributed by atoms with E-state index < -0.39 is 15.7 Å². The fourth-order valence-corrected chi connectivity index (χ4v) is 6.48. The molecule has 0 saturated heterocycles. The number of fused-ring (bicyclic) bond motifs is 1. The van der Waals surface area contributed by atoms with Crippen molar-refractivity contribution in [2.24, 2.45) is 0 Å². The van der Waals surface area contributed by atoms with Crippen molar-refractivity contribution in [3.05, 3.63) is 21.1 Å². The van der Waals surface area contributed by atoms with Gasteiger partial charge in [0.15, 0.2) is 5.82 Å². The molecule has 144 valence electrons. The molecule has 0 bridgehead atoms.